The minimum Gasteiger partial charge on any atom is -0.353 e. The maximum Gasteiger partial charge on any atom is 0.224 e. The quantitative estimate of drug-likeness (QED) is 0.842. The fourth-order valence-corrected chi connectivity index (χ4v) is 2.58. The van der Waals surface area contributed by atoms with Crippen molar-refractivity contribution in [3.63, 3.8) is 0 Å². The summed E-state index contributed by atoms with van der Waals surface area (Å²) in [5.74, 6) is -0.423. The summed E-state index contributed by atoms with van der Waals surface area (Å²) in [6.45, 7) is 3.50. The van der Waals surface area contributed by atoms with Crippen molar-refractivity contribution in [2.24, 2.45) is 5.73 Å². The summed E-state index contributed by atoms with van der Waals surface area (Å²) >= 11 is 0. The summed E-state index contributed by atoms with van der Waals surface area (Å²) in [4.78, 5) is 14.2. The van der Waals surface area contributed by atoms with E-state index >= 15 is 0 Å². The predicted molar refractivity (Wildman–Crippen MR) is 76.8 cm³/mol. The number of amides is 1. The third kappa shape index (κ3) is 4.28. The van der Waals surface area contributed by atoms with Gasteiger partial charge in [-0.3, -0.25) is 4.79 Å². The van der Waals surface area contributed by atoms with Crippen LogP contribution in [0.3, 0.4) is 0 Å². The molecular weight excluding hydrogens is 257 g/mol. The molecule has 110 valence electrons. The SMILES string of the molecule is NCCN1CCC(NC(=O)Cc2ccccc2F)CC1. The number of hydrogen-bond donors (Lipinski definition) is 2. The molecule has 1 fully saturated rings. The van der Waals surface area contributed by atoms with Gasteiger partial charge in [-0.25, -0.2) is 4.39 Å². The molecule has 0 unspecified atom stereocenters. The number of nitrogens with two attached hydrogens (primary N) is 1. The van der Waals surface area contributed by atoms with Crippen molar-refractivity contribution in [3.8, 4) is 0 Å². The van der Waals surface area contributed by atoms with Crippen LogP contribution in [0.5, 0.6) is 0 Å². The van der Waals surface area contributed by atoms with E-state index in [0.29, 0.717) is 12.1 Å². The van der Waals surface area contributed by atoms with E-state index in [1.165, 1.54) is 6.07 Å². The van der Waals surface area contributed by atoms with Gasteiger partial charge in [-0.05, 0) is 24.5 Å². The first kappa shape index (κ1) is 14.9. The highest BCUT2D eigenvalue weighted by Gasteiger charge is 2.20. The first-order valence-electron chi connectivity index (χ1n) is 7.14. The molecule has 2 rings (SSSR count). The molecular formula is C15H22FN3O. The van der Waals surface area contributed by atoms with Crippen LogP contribution < -0.4 is 11.1 Å². The van der Waals surface area contributed by atoms with E-state index < -0.39 is 0 Å². The number of benzene rings is 1. The number of nitrogens with one attached hydrogen (secondary N) is 1. The molecule has 0 bridgehead atoms. The van der Waals surface area contributed by atoms with Crippen molar-refractivity contribution in [3.05, 3.63) is 35.6 Å². The van der Waals surface area contributed by atoms with Crippen LogP contribution in [0.15, 0.2) is 24.3 Å². The maximum absolute atomic E-state index is 13.5. The first-order valence-corrected chi connectivity index (χ1v) is 7.14. The van der Waals surface area contributed by atoms with Gasteiger partial charge in [-0.2, -0.15) is 0 Å². The molecule has 1 aromatic carbocycles. The van der Waals surface area contributed by atoms with Crippen LogP contribution >= 0.6 is 0 Å². The summed E-state index contributed by atoms with van der Waals surface area (Å²) in [5.41, 5.74) is 5.98. The lowest BCUT2D eigenvalue weighted by molar-refractivity contribution is -0.121. The molecule has 1 amide bonds. The Bertz CT molecular complexity index is 444. The minimum absolute atomic E-state index is 0.104. The van der Waals surface area contributed by atoms with E-state index in [-0.39, 0.29) is 24.2 Å². The van der Waals surface area contributed by atoms with Crippen LogP contribution in [0.4, 0.5) is 4.39 Å². The second-order valence-corrected chi connectivity index (χ2v) is 5.24. The summed E-state index contributed by atoms with van der Waals surface area (Å²) in [6.07, 6.45) is 1.97. The molecule has 5 heteroatoms. The van der Waals surface area contributed by atoms with Crippen molar-refractivity contribution in [1.82, 2.24) is 10.2 Å². The van der Waals surface area contributed by atoms with Crippen molar-refractivity contribution >= 4 is 5.91 Å². The molecule has 0 atom stereocenters. The maximum atomic E-state index is 13.5. The third-order valence-corrected chi connectivity index (χ3v) is 3.71. The second kappa shape index (κ2) is 7.36. The number of likely N-dealkylation sites (tertiary alicyclic amines) is 1. The van der Waals surface area contributed by atoms with Gasteiger partial charge in [-0.15, -0.1) is 0 Å². The standard InChI is InChI=1S/C15H22FN3O/c16-14-4-2-1-3-12(14)11-15(20)18-13-5-8-19(9-6-13)10-7-17/h1-4,13H,5-11,17H2,(H,18,20). The van der Waals surface area contributed by atoms with Gasteiger partial charge in [0.25, 0.3) is 0 Å². The lowest BCUT2D eigenvalue weighted by Gasteiger charge is -2.32. The largest absolute Gasteiger partial charge is 0.353 e. The van der Waals surface area contributed by atoms with Gasteiger partial charge in [0.15, 0.2) is 0 Å². The number of carbonyl (C=O) groups excluding carboxylic acids is 1. The highest BCUT2D eigenvalue weighted by molar-refractivity contribution is 5.78. The second-order valence-electron chi connectivity index (χ2n) is 5.24. The number of halogens is 1. The average Bonchev–Trinajstić information content (AvgIpc) is 2.44. The van der Waals surface area contributed by atoms with Gasteiger partial charge >= 0.3 is 0 Å². The van der Waals surface area contributed by atoms with E-state index in [1.807, 2.05) is 0 Å². The molecule has 1 aliphatic rings. The monoisotopic (exact) mass is 279 g/mol. The van der Waals surface area contributed by atoms with E-state index in [1.54, 1.807) is 18.2 Å². The Morgan fingerprint density at radius 1 is 1.35 bits per heavy atom. The Labute approximate surface area is 119 Å². The van der Waals surface area contributed by atoms with Gasteiger partial charge in [0.05, 0.1) is 6.42 Å². The van der Waals surface area contributed by atoms with Crippen LogP contribution in [-0.4, -0.2) is 43.0 Å². The lowest BCUT2D eigenvalue weighted by atomic mass is 10.0. The fourth-order valence-electron chi connectivity index (χ4n) is 2.58. The fraction of sp³-hybridized carbons (Fsp3) is 0.533. The number of rotatable bonds is 5. The Kier molecular flexibility index (Phi) is 5.49. The molecule has 1 saturated heterocycles. The predicted octanol–water partition coefficient (Wildman–Crippen LogP) is 0.908. The molecule has 20 heavy (non-hydrogen) atoms. The number of hydrogen-bond acceptors (Lipinski definition) is 3. The number of piperidine rings is 1. The van der Waals surface area contributed by atoms with Crippen molar-refractivity contribution < 1.29 is 9.18 Å². The zero-order valence-corrected chi connectivity index (χ0v) is 11.6. The Morgan fingerprint density at radius 3 is 2.70 bits per heavy atom. The van der Waals surface area contributed by atoms with Crippen LogP contribution in [0.25, 0.3) is 0 Å². The molecule has 1 aliphatic heterocycles. The summed E-state index contributed by atoms with van der Waals surface area (Å²) in [5, 5.41) is 2.99. The summed E-state index contributed by atoms with van der Waals surface area (Å²) in [7, 11) is 0. The van der Waals surface area contributed by atoms with E-state index in [2.05, 4.69) is 10.2 Å². The van der Waals surface area contributed by atoms with E-state index in [9.17, 15) is 9.18 Å². The average molecular weight is 279 g/mol. The van der Waals surface area contributed by atoms with Gasteiger partial charge in [0.2, 0.25) is 5.91 Å². The van der Waals surface area contributed by atoms with Gasteiger partial charge < -0.3 is 16.0 Å². The smallest absolute Gasteiger partial charge is 0.224 e. The third-order valence-electron chi connectivity index (χ3n) is 3.71. The highest BCUT2D eigenvalue weighted by Crippen LogP contribution is 2.11. The zero-order chi connectivity index (χ0) is 14.4. The van der Waals surface area contributed by atoms with Crippen LogP contribution in [0, 0.1) is 5.82 Å². The molecule has 3 N–H and O–H groups in total. The Balaban J connectivity index is 1.77. The number of carbonyl (C=O) groups is 1. The van der Waals surface area contributed by atoms with E-state index in [0.717, 1.165) is 32.5 Å². The van der Waals surface area contributed by atoms with Crippen LogP contribution in [-0.2, 0) is 11.2 Å². The van der Waals surface area contributed by atoms with Gasteiger partial charge in [0.1, 0.15) is 5.82 Å². The normalized spacial score (nSPS) is 17.1. The molecule has 1 heterocycles. The Hall–Kier alpha value is -1.46. The molecule has 1 aromatic rings. The molecule has 0 radical (unpaired) electrons. The number of nitrogens with zero attached hydrogens (tertiary/aromatic N) is 1. The van der Waals surface area contributed by atoms with Crippen molar-refractivity contribution in [1.29, 1.82) is 0 Å². The summed E-state index contributed by atoms with van der Waals surface area (Å²) in [6, 6.07) is 6.61. The van der Waals surface area contributed by atoms with Crippen molar-refractivity contribution in [2.75, 3.05) is 26.2 Å². The highest BCUT2D eigenvalue weighted by atomic mass is 19.1. The van der Waals surface area contributed by atoms with Crippen LogP contribution in [0.1, 0.15) is 18.4 Å². The van der Waals surface area contributed by atoms with E-state index in [4.69, 9.17) is 5.73 Å². The topological polar surface area (TPSA) is 58.4 Å². The lowest BCUT2D eigenvalue weighted by Crippen LogP contribution is -2.46. The first-order chi connectivity index (χ1) is 9.69. The van der Waals surface area contributed by atoms with Crippen molar-refractivity contribution in [2.45, 2.75) is 25.3 Å². The minimum atomic E-state index is -0.319. The van der Waals surface area contributed by atoms with Crippen LogP contribution in [0.2, 0.25) is 0 Å². The molecule has 0 saturated carbocycles. The Morgan fingerprint density at radius 2 is 2.05 bits per heavy atom. The molecule has 0 aromatic heterocycles. The molecule has 0 aliphatic carbocycles. The van der Waals surface area contributed by atoms with Gasteiger partial charge in [-0.1, -0.05) is 18.2 Å². The summed E-state index contributed by atoms with van der Waals surface area (Å²) < 4.78 is 13.5. The zero-order valence-electron chi connectivity index (χ0n) is 11.6. The van der Waals surface area contributed by atoms with Gasteiger partial charge in [0, 0.05) is 32.2 Å². The molecule has 0 spiro atoms. The molecule has 4 nitrogen and oxygen atoms in total.